The lowest BCUT2D eigenvalue weighted by Crippen LogP contribution is -2.21. The maximum absolute atomic E-state index is 12.1. The van der Waals surface area contributed by atoms with Crippen molar-refractivity contribution in [2.45, 2.75) is 26.0 Å². The molecule has 0 saturated heterocycles. The van der Waals surface area contributed by atoms with Crippen LogP contribution in [0, 0.1) is 6.92 Å². The topological polar surface area (TPSA) is 89.8 Å². The van der Waals surface area contributed by atoms with E-state index in [4.69, 9.17) is 0 Å². The van der Waals surface area contributed by atoms with Crippen LogP contribution >= 0.6 is 0 Å². The van der Waals surface area contributed by atoms with Crippen LogP contribution in [0.2, 0.25) is 0 Å². The minimum Gasteiger partial charge on any atom is -0.325 e. The molecular formula is C14H19N5O2S. The second-order valence-corrected chi connectivity index (χ2v) is 6.39. The van der Waals surface area contributed by atoms with Crippen molar-refractivity contribution in [1.29, 1.82) is 0 Å². The maximum atomic E-state index is 12.1. The molecule has 1 unspecified atom stereocenters. The monoisotopic (exact) mass is 321 g/mol. The van der Waals surface area contributed by atoms with Crippen LogP contribution < -0.4 is 5.32 Å². The molecule has 1 atom stereocenters. The molecule has 0 fully saturated rings. The molecular weight excluding hydrogens is 302 g/mol. The third-order valence-corrected chi connectivity index (χ3v) is 4.30. The van der Waals surface area contributed by atoms with Gasteiger partial charge in [-0.25, -0.2) is 0 Å². The predicted molar refractivity (Wildman–Crippen MR) is 84.7 cm³/mol. The van der Waals surface area contributed by atoms with Crippen LogP contribution in [-0.4, -0.2) is 36.1 Å². The molecule has 1 amide bonds. The number of tetrazole rings is 1. The molecule has 1 N–H and O–H groups in total. The molecule has 0 saturated carbocycles. The van der Waals surface area contributed by atoms with Gasteiger partial charge >= 0.3 is 0 Å². The van der Waals surface area contributed by atoms with Gasteiger partial charge in [-0.1, -0.05) is 25.1 Å². The molecule has 8 heteroatoms. The Balaban J connectivity index is 1.97. The van der Waals surface area contributed by atoms with Crippen molar-refractivity contribution < 1.29 is 9.00 Å². The molecule has 1 heterocycles. The number of aromatic nitrogens is 4. The number of nitrogens with one attached hydrogen (secondary N) is 1. The summed E-state index contributed by atoms with van der Waals surface area (Å²) in [5.41, 5.74) is 2.87. The zero-order valence-corrected chi connectivity index (χ0v) is 13.7. The first-order valence-corrected chi connectivity index (χ1v) is 8.44. The zero-order valence-electron chi connectivity index (χ0n) is 12.9. The minimum absolute atomic E-state index is 0.0876. The zero-order chi connectivity index (χ0) is 16.1. The van der Waals surface area contributed by atoms with Gasteiger partial charge in [0.25, 0.3) is 0 Å². The average molecular weight is 321 g/mol. The summed E-state index contributed by atoms with van der Waals surface area (Å²) in [6.45, 7) is 3.97. The second kappa shape index (κ2) is 7.26. The van der Waals surface area contributed by atoms with Gasteiger partial charge in [0, 0.05) is 16.5 Å². The van der Waals surface area contributed by atoms with E-state index in [-0.39, 0.29) is 17.4 Å². The van der Waals surface area contributed by atoms with Gasteiger partial charge in [0.1, 0.15) is 5.75 Å². The Morgan fingerprint density at radius 3 is 2.82 bits per heavy atom. The lowest BCUT2D eigenvalue weighted by atomic mass is 10.1. The van der Waals surface area contributed by atoms with E-state index >= 15 is 0 Å². The summed E-state index contributed by atoms with van der Waals surface area (Å²) >= 11 is 0. The van der Waals surface area contributed by atoms with Crippen molar-refractivity contribution in [2.75, 3.05) is 11.1 Å². The number of benzene rings is 1. The Labute approximate surface area is 131 Å². The van der Waals surface area contributed by atoms with E-state index in [1.807, 2.05) is 32.0 Å². The van der Waals surface area contributed by atoms with E-state index in [9.17, 15) is 9.00 Å². The summed E-state index contributed by atoms with van der Waals surface area (Å²) in [5.74, 6) is 0.135. The number of hydrogen-bond donors (Lipinski definition) is 1. The maximum Gasteiger partial charge on any atom is 0.237 e. The Kier molecular flexibility index (Phi) is 5.37. The first-order valence-electron chi connectivity index (χ1n) is 6.95. The number of carbonyl (C=O) groups is 1. The van der Waals surface area contributed by atoms with E-state index in [1.165, 1.54) is 4.80 Å². The quantitative estimate of drug-likeness (QED) is 0.856. The highest BCUT2D eigenvalue weighted by atomic mass is 32.2. The van der Waals surface area contributed by atoms with E-state index in [0.29, 0.717) is 5.82 Å². The fourth-order valence-electron chi connectivity index (χ4n) is 2.10. The molecule has 118 valence electrons. The third-order valence-electron chi connectivity index (χ3n) is 3.14. The Morgan fingerprint density at radius 2 is 2.18 bits per heavy atom. The predicted octanol–water partition coefficient (Wildman–Crippen LogP) is 0.968. The minimum atomic E-state index is -1.37. The first kappa shape index (κ1) is 16.3. The van der Waals surface area contributed by atoms with Gasteiger partial charge in [-0.15, -0.1) is 10.2 Å². The molecule has 1 aromatic carbocycles. The van der Waals surface area contributed by atoms with Crippen molar-refractivity contribution in [3.63, 3.8) is 0 Å². The molecule has 0 aliphatic carbocycles. The third kappa shape index (κ3) is 4.20. The van der Waals surface area contributed by atoms with Crippen LogP contribution in [0.5, 0.6) is 0 Å². The number of nitrogens with zero attached hydrogens (tertiary/aromatic N) is 4. The highest BCUT2D eigenvalue weighted by molar-refractivity contribution is 7.84. The van der Waals surface area contributed by atoms with Crippen LogP contribution in [0.15, 0.2) is 18.2 Å². The smallest absolute Gasteiger partial charge is 0.237 e. The van der Waals surface area contributed by atoms with Crippen LogP contribution in [0.3, 0.4) is 0 Å². The van der Waals surface area contributed by atoms with Gasteiger partial charge in [-0.2, -0.15) is 4.80 Å². The lowest BCUT2D eigenvalue weighted by molar-refractivity contribution is -0.113. The number of para-hydroxylation sites is 1. The molecule has 0 aliphatic heterocycles. The fourth-order valence-corrected chi connectivity index (χ4v) is 2.97. The standard InChI is InChI=1S/C14H19N5O2S/c1-4-11-7-5-6-10(2)14(11)15-13(20)9-22(21)8-12-16-18-19(3)17-12/h5-7H,4,8-9H2,1-3H3,(H,15,20). The molecule has 7 nitrogen and oxygen atoms in total. The van der Waals surface area contributed by atoms with Crippen LogP contribution in [0.1, 0.15) is 23.9 Å². The molecule has 22 heavy (non-hydrogen) atoms. The normalized spacial score (nSPS) is 12.1. The van der Waals surface area contributed by atoms with Crippen LogP contribution in [-0.2, 0) is 34.8 Å². The van der Waals surface area contributed by atoms with E-state index in [0.717, 1.165) is 23.2 Å². The molecule has 0 radical (unpaired) electrons. The number of hydrogen-bond acceptors (Lipinski definition) is 5. The average Bonchev–Trinajstić information content (AvgIpc) is 2.86. The van der Waals surface area contributed by atoms with E-state index in [2.05, 4.69) is 20.7 Å². The first-order chi connectivity index (χ1) is 10.5. The SMILES string of the molecule is CCc1cccc(C)c1NC(=O)CS(=O)Cc1nnn(C)n1. The largest absolute Gasteiger partial charge is 0.325 e. The highest BCUT2D eigenvalue weighted by Gasteiger charge is 2.14. The molecule has 2 rings (SSSR count). The second-order valence-electron chi connectivity index (χ2n) is 4.93. The highest BCUT2D eigenvalue weighted by Crippen LogP contribution is 2.20. The lowest BCUT2D eigenvalue weighted by Gasteiger charge is -2.12. The molecule has 0 aliphatic rings. The number of anilines is 1. The van der Waals surface area contributed by atoms with E-state index < -0.39 is 10.8 Å². The van der Waals surface area contributed by atoms with Gasteiger partial charge < -0.3 is 5.32 Å². The fraction of sp³-hybridized carbons (Fsp3) is 0.429. The summed E-state index contributed by atoms with van der Waals surface area (Å²) in [5, 5.41) is 14.2. The number of rotatable bonds is 6. The van der Waals surface area contributed by atoms with Crippen LogP contribution in [0.25, 0.3) is 0 Å². The Bertz CT molecular complexity index is 698. The van der Waals surface area contributed by atoms with Gasteiger partial charge in [0.2, 0.25) is 5.91 Å². The van der Waals surface area contributed by atoms with Gasteiger partial charge in [0.15, 0.2) is 5.82 Å². The van der Waals surface area contributed by atoms with Crippen molar-refractivity contribution in [3.05, 3.63) is 35.2 Å². The van der Waals surface area contributed by atoms with Gasteiger partial charge in [-0.3, -0.25) is 9.00 Å². The van der Waals surface area contributed by atoms with Crippen molar-refractivity contribution in [2.24, 2.45) is 7.05 Å². The summed E-state index contributed by atoms with van der Waals surface area (Å²) in [7, 11) is 0.269. The Morgan fingerprint density at radius 1 is 1.41 bits per heavy atom. The molecule has 0 spiro atoms. The number of carbonyl (C=O) groups excluding carboxylic acids is 1. The van der Waals surface area contributed by atoms with E-state index in [1.54, 1.807) is 7.05 Å². The van der Waals surface area contributed by atoms with Gasteiger partial charge in [-0.05, 0) is 29.7 Å². The van der Waals surface area contributed by atoms with Gasteiger partial charge in [0.05, 0.1) is 12.8 Å². The van der Waals surface area contributed by atoms with Crippen molar-refractivity contribution >= 4 is 22.4 Å². The summed E-state index contributed by atoms with van der Waals surface area (Å²) in [6, 6.07) is 5.87. The summed E-state index contributed by atoms with van der Waals surface area (Å²) < 4.78 is 12.0. The molecule has 2 aromatic rings. The summed E-state index contributed by atoms with van der Waals surface area (Å²) in [4.78, 5) is 13.4. The number of amides is 1. The Hall–Kier alpha value is -2.09. The van der Waals surface area contributed by atoms with Crippen molar-refractivity contribution in [1.82, 2.24) is 20.2 Å². The summed E-state index contributed by atoms with van der Waals surface area (Å²) in [6.07, 6.45) is 0.823. The van der Waals surface area contributed by atoms with Crippen LogP contribution in [0.4, 0.5) is 5.69 Å². The van der Waals surface area contributed by atoms with Crippen molar-refractivity contribution in [3.8, 4) is 0 Å². The number of aryl methyl sites for hydroxylation is 3. The molecule has 1 aromatic heterocycles. The molecule has 0 bridgehead atoms.